The predicted molar refractivity (Wildman–Crippen MR) is 50.6 cm³/mol. The second-order valence-corrected chi connectivity index (χ2v) is 2.96. The number of rotatable bonds is 2. The van der Waals surface area contributed by atoms with E-state index >= 15 is 0 Å². The largest absolute Gasteiger partial charge is 1.00 e. The molecule has 1 aromatic rings. The predicted octanol–water partition coefficient (Wildman–Crippen LogP) is -0.362. The molecule has 0 atom stereocenters. The summed E-state index contributed by atoms with van der Waals surface area (Å²) in [4.78, 5) is 0. The summed E-state index contributed by atoms with van der Waals surface area (Å²) in [5.41, 5.74) is 1.38. The molecule has 0 unspecified atom stereocenters. The molecule has 0 amide bonds. The van der Waals surface area contributed by atoms with Gasteiger partial charge in [0, 0.05) is 0 Å². The van der Waals surface area contributed by atoms with Crippen LogP contribution in [0.3, 0.4) is 0 Å². The second-order valence-electron chi connectivity index (χ2n) is 2.96. The first-order valence-corrected chi connectivity index (χ1v) is 4.20. The van der Waals surface area contributed by atoms with E-state index in [1.807, 2.05) is 0 Å². The molecule has 5 radical (unpaired) electrons. The normalized spacial score (nSPS) is 16.9. The van der Waals surface area contributed by atoms with Crippen molar-refractivity contribution in [2.75, 3.05) is 0 Å². The first-order chi connectivity index (χ1) is 5.95. The molecular weight excluding hydrogens is 151 g/mol. The van der Waals surface area contributed by atoms with Crippen LogP contribution in [0.25, 0.3) is 0 Å². The summed E-state index contributed by atoms with van der Waals surface area (Å²) in [6.07, 6.45) is 9.53. The van der Waals surface area contributed by atoms with E-state index in [9.17, 15) is 0 Å². The Labute approximate surface area is 92.9 Å². The van der Waals surface area contributed by atoms with Crippen molar-refractivity contribution in [3.05, 3.63) is 67.5 Å². The first-order valence-electron chi connectivity index (χ1n) is 4.20. The Kier molecular flexibility index (Phi) is 4.63. The Morgan fingerprint density at radius 1 is 0.846 bits per heavy atom. The minimum atomic E-state index is 0. The zero-order chi connectivity index (χ0) is 8.23. The zero-order valence-electron chi connectivity index (χ0n) is 7.90. The van der Waals surface area contributed by atoms with Gasteiger partial charge in [-0.1, -0.05) is 30.3 Å². The van der Waals surface area contributed by atoms with Crippen molar-refractivity contribution in [3.63, 3.8) is 0 Å². The summed E-state index contributed by atoms with van der Waals surface area (Å²) in [5, 5.41) is 0. The maximum absolute atomic E-state index is 2.16. The van der Waals surface area contributed by atoms with Gasteiger partial charge in [-0.05, 0) is 43.6 Å². The summed E-state index contributed by atoms with van der Waals surface area (Å²) in [7, 11) is 0. The fourth-order valence-corrected chi connectivity index (χ4v) is 1.36. The summed E-state index contributed by atoms with van der Waals surface area (Å²) < 4.78 is 0. The molecule has 1 aromatic carbocycles. The molecule has 0 heterocycles. The monoisotopic (exact) mass is 162 g/mol. The molecule has 0 N–H and O–H groups in total. The van der Waals surface area contributed by atoms with Crippen LogP contribution in [0.2, 0.25) is 0 Å². The van der Waals surface area contributed by atoms with Crippen molar-refractivity contribution in [1.29, 1.82) is 0 Å². The molecule has 1 aliphatic rings. The van der Waals surface area contributed by atoms with Gasteiger partial charge in [0.2, 0.25) is 0 Å². The first kappa shape index (κ1) is 10.9. The average molecular weight is 162 g/mol. The topological polar surface area (TPSA) is 0 Å². The molecule has 1 aliphatic carbocycles. The third kappa shape index (κ3) is 3.22. The van der Waals surface area contributed by atoms with Gasteiger partial charge in [0.1, 0.15) is 0 Å². The average Bonchev–Trinajstić information content (AvgIpc) is 2.59. The maximum atomic E-state index is 2.16. The maximum Gasteiger partial charge on any atom is 1.00 e. The minimum absolute atomic E-state index is 0. The summed E-state index contributed by atoms with van der Waals surface area (Å²) >= 11 is 0. The molecule has 13 heavy (non-hydrogen) atoms. The number of hydrogen-bond acceptors (Lipinski definition) is 0. The van der Waals surface area contributed by atoms with E-state index in [4.69, 9.17) is 0 Å². The van der Waals surface area contributed by atoms with Crippen LogP contribution in [-0.4, -0.2) is 0 Å². The Morgan fingerprint density at radius 3 is 2.08 bits per heavy atom. The van der Waals surface area contributed by atoms with Gasteiger partial charge in [0.05, 0.1) is 0 Å². The van der Waals surface area contributed by atoms with Crippen molar-refractivity contribution in [1.82, 2.24) is 0 Å². The molecule has 0 bridgehead atoms. The molecule has 0 aromatic heterocycles. The molecule has 1 fully saturated rings. The van der Waals surface area contributed by atoms with Crippen LogP contribution in [-0.2, 0) is 6.42 Å². The van der Waals surface area contributed by atoms with Crippen LogP contribution in [0, 0.1) is 31.6 Å². The van der Waals surface area contributed by atoms with Gasteiger partial charge in [-0.25, -0.2) is 0 Å². The number of hydrogen-bond donors (Lipinski definition) is 0. The quantitative estimate of drug-likeness (QED) is 0.521. The van der Waals surface area contributed by atoms with Crippen LogP contribution in [0.15, 0.2) is 30.3 Å². The molecule has 59 valence electrons. The molecule has 0 spiro atoms. The third-order valence-corrected chi connectivity index (χ3v) is 1.98. The standard InChI is InChI=1S/C12H11.Li/c1-2-6-11(7-3-1)10-12-8-4-5-9-12;/h1-9H,10H2;/q;+1. The van der Waals surface area contributed by atoms with E-state index in [0.29, 0.717) is 0 Å². The smallest absolute Gasteiger partial charge is 0.0622 e. The summed E-state index contributed by atoms with van der Waals surface area (Å²) in [6.45, 7) is 0. The number of benzene rings is 1. The molecule has 0 saturated heterocycles. The molecule has 1 heteroatoms. The van der Waals surface area contributed by atoms with E-state index in [0.717, 1.165) is 6.42 Å². The van der Waals surface area contributed by atoms with Crippen LogP contribution in [0.1, 0.15) is 5.56 Å². The van der Waals surface area contributed by atoms with Crippen molar-refractivity contribution in [2.24, 2.45) is 0 Å². The molecule has 1 saturated carbocycles. The van der Waals surface area contributed by atoms with Crippen LogP contribution < -0.4 is 18.9 Å². The SMILES string of the molecule is [CH]1[CH][CH][C](Cc2ccccc2)[CH]1.[Li+]. The van der Waals surface area contributed by atoms with Crippen LogP contribution in [0.5, 0.6) is 0 Å². The van der Waals surface area contributed by atoms with E-state index in [1.54, 1.807) is 0 Å². The van der Waals surface area contributed by atoms with Gasteiger partial charge in [-0.15, -0.1) is 0 Å². The molecule has 2 rings (SSSR count). The van der Waals surface area contributed by atoms with Gasteiger partial charge < -0.3 is 0 Å². The fourth-order valence-electron chi connectivity index (χ4n) is 1.36. The van der Waals surface area contributed by atoms with E-state index in [2.05, 4.69) is 56.0 Å². The minimum Gasteiger partial charge on any atom is -0.0622 e. The van der Waals surface area contributed by atoms with Crippen LogP contribution >= 0.6 is 0 Å². The zero-order valence-corrected chi connectivity index (χ0v) is 7.90. The Bertz CT molecular complexity index is 224. The van der Waals surface area contributed by atoms with Crippen molar-refractivity contribution < 1.29 is 18.9 Å². The van der Waals surface area contributed by atoms with E-state index in [-0.39, 0.29) is 18.9 Å². The fraction of sp³-hybridized carbons (Fsp3) is 0.0833. The van der Waals surface area contributed by atoms with Crippen molar-refractivity contribution >= 4 is 0 Å². The van der Waals surface area contributed by atoms with Gasteiger partial charge in [-0.2, -0.15) is 0 Å². The Morgan fingerprint density at radius 2 is 1.46 bits per heavy atom. The third-order valence-electron chi connectivity index (χ3n) is 1.98. The van der Waals surface area contributed by atoms with Crippen LogP contribution in [0.4, 0.5) is 0 Å². The molecule has 0 aliphatic heterocycles. The molecular formula is C12H11Li+. The molecule has 0 nitrogen and oxygen atoms in total. The van der Waals surface area contributed by atoms with Crippen molar-refractivity contribution in [2.45, 2.75) is 6.42 Å². The summed E-state index contributed by atoms with van der Waals surface area (Å²) in [5.74, 6) is 1.39. The van der Waals surface area contributed by atoms with Gasteiger partial charge in [-0.3, -0.25) is 0 Å². The van der Waals surface area contributed by atoms with E-state index in [1.165, 1.54) is 11.5 Å². The van der Waals surface area contributed by atoms with Gasteiger partial charge in [0.25, 0.3) is 0 Å². The van der Waals surface area contributed by atoms with E-state index < -0.39 is 0 Å². The Hall–Kier alpha value is -0.183. The van der Waals surface area contributed by atoms with Crippen molar-refractivity contribution in [3.8, 4) is 0 Å². The summed E-state index contributed by atoms with van der Waals surface area (Å²) in [6, 6.07) is 10.5. The Balaban J connectivity index is 0.000000845. The van der Waals surface area contributed by atoms with Gasteiger partial charge >= 0.3 is 18.9 Å². The van der Waals surface area contributed by atoms with Gasteiger partial charge in [0.15, 0.2) is 0 Å². The second kappa shape index (κ2) is 5.53.